The highest BCUT2D eigenvalue weighted by atomic mass is 16.7. The van der Waals surface area contributed by atoms with Gasteiger partial charge in [-0.15, -0.1) is 0 Å². The number of carbonyl (C=O) groups is 1. The largest absolute Gasteiger partial charge is 0.496 e. The van der Waals surface area contributed by atoms with Crippen molar-refractivity contribution in [2.45, 2.75) is 44.6 Å². The Morgan fingerprint density at radius 1 is 1.17 bits per heavy atom. The van der Waals surface area contributed by atoms with Gasteiger partial charge in [-0.2, -0.15) is 0 Å². The Bertz CT molecular complexity index is 557. The molecule has 1 fully saturated rings. The Hall–Kier alpha value is -2.24. The predicted molar refractivity (Wildman–Crippen MR) is 90.7 cm³/mol. The topological polar surface area (TPSA) is 66.3 Å². The van der Waals surface area contributed by atoms with Gasteiger partial charge in [0.05, 0.1) is 26.0 Å². The fourth-order valence-corrected chi connectivity index (χ4v) is 2.89. The Morgan fingerprint density at radius 2 is 1.79 bits per heavy atom. The Kier molecular flexibility index (Phi) is 6.46. The maximum atomic E-state index is 11.1. The molecule has 132 valence electrons. The van der Waals surface area contributed by atoms with Crippen molar-refractivity contribution < 1.29 is 23.8 Å². The summed E-state index contributed by atoms with van der Waals surface area (Å²) in [5.41, 5.74) is 0.163. The number of hydrogen-bond donors (Lipinski definition) is 0. The molecule has 1 aromatic rings. The normalized spacial score (nSPS) is 16.6. The number of rotatable bonds is 7. The molecule has 6 heteroatoms. The van der Waals surface area contributed by atoms with E-state index in [-0.39, 0.29) is 12.6 Å². The minimum atomic E-state index is -0.546. The molecule has 1 aliphatic rings. The van der Waals surface area contributed by atoms with Gasteiger partial charge in [-0.1, -0.05) is 17.6 Å². The number of methoxy groups -OCH3 is 2. The third-order valence-electron chi connectivity index (χ3n) is 4.20. The average Bonchev–Trinajstić information content (AvgIpc) is 2.61. The number of ether oxygens (including phenoxy) is 3. The third kappa shape index (κ3) is 4.63. The van der Waals surface area contributed by atoms with Gasteiger partial charge >= 0.3 is 5.97 Å². The van der Waals surface area contributed by atoms with Crippen molar-refractivity contribution in [3.05, 3.63) is 23.8 Å². The highest BCUT2D eigenvalue weighted by Crippen LogP contribution is 2.33. The molecule has 0 aliphatic heterocycles. The minimum absolute atomic E-state index is 0.225. The van der Waals surface area contributed by atoms with E-state index in [0.29, 0.717) is 17.1 Å². The molecule has 24 heavy (non-hydrogen) atoms. The van der Waals surface area contributed by atoms with E-state index in [1.807, 2.05) is 18.2 Å². The molecule has 1 saturated carbocycles. The van der Waals surface area contributed by atoms with Crippen LogP contribution >= 0.6 is 0 Å². The second-order valence-corrected chi connectivity index (χ2v) is 5.93. The lowest BCUT2D eigenvalue weighted by Crippen LogP contribution is -2.39. The van der Waals surface area contributed by atoms with Crippen LogP contribution in [-0.4, -0.2) is 38.6 Å². The molecule has 0 atom stereocenters. The van der Waals surface area contributed by atoms with Crippen molar-refractivity contribution in [2.24, 2.45) is 5.16 Å². The average molecular weight is 335 g/mol. The van der Waals surface area contributed by atoms with Crippen LogP contribution in [0.3, 0.4) is 0 Å². The number of carbonyl (C=O) groups excluding carboxylic acids is 1. The van der Waals surface area contributed by atoms with Gasteiger partial charge in [-0.05, 0) is 37.8 Å². The molecule has 0 bridgehead atoms. The molecule has 6 nitrogen and oxygen atoms in total. The molecule has 0 spiro atoms. The lowest BCUT2D eigenvalue weighted by molar-refractivity contribution is -0.157. The third-order valence-corrected chi connectivity index (χ3v) is 4.20. The molecule has 1 aliphatic carbocycles. The van der Waals surface area contributed by atoms with Gasteiger partial charge < -0.3 is 19.0 Å². The molecular weight excluding hydrogens is 310 g/mol. The van der Waals surface area contributed by atoms with Gasteiger partial charge in [0, 0.05) is 6.92 Å². The smallest absolute Gasteiger partial charge is 0.302 e. The SMILES string of the molecule is COc1cccc(OC)c1/C=N/OC1(COC(C)=O)CCCCC1. The molecule has 0 heterocycles. The number of oxime groups is 1. The van der Waals surface area contributed by atoms with Crippen molar-refractivity contribution >= 4 is 12.2 Å². The number of hydrogen-bond acceptors (Lipinski definition) is 6. The summed E-state index contributed by atoms with van der Waals surface area (Å²) in [6, 6.07) is 5.51. The van der Waals surface area contributed by atoms with Gasteiger partial charge in [0.15, 0.2) is 5.60 Å². The molecule has 0 saturated heterocycles. The molecule has 0 amide bonds. The zero-order valence-corrected chi connectivity index (χ0v) is 14.5. The quantitative estimate of drug-likeness (QED) is 0.434. The summed E-state index contributed by atoms with van der Waals surface area (Å²) in [6.07, 6.45) is 6.46. The first-order valence-electron chi connectivity index (χ1n) is 8.16. The number of benzene rings is 1. The van der Waals surface area contributed by atoms with E-state index in [0.717, 1.165) is 32.1 Å². The lowest BCUT2D eigenvalue weighted by Gasteiger charge is -2.33. The van der Waals surface area contributed by atoms with Crippen LogP contribution in [0.1, 0.15) is 44.6 Å². The predicted octanol–water partition coefficient (Wildman–Crippen LogP) is 3.32. The van der Waals surface area contributed by atoms with Gasteiger partial charge in [-0.25, -0.2) is 0 Å². The Balaban J connectivity index is 2.13. The lowest BCUT2D eigenvalue weighted by atomic mass is 9.85. The van der Waals surface area contributed by atoms with E-state index < -0.39 is 5.60 Å². The molecule has 0 N–H and O–H groups in total. The summed E-state index contributed by atoms with van der Waals surface area (Å²) in [6.45, 7) is 1.63. The summed E-state index contributed by atoms with van der Waals surface area (Å²) in [7, 11) is 3.19. The van der Waals surface area contributed by atoms with Crippen LogP contribution in [0, 0.1) is 0 Å². The van der Waals surface area contributed by atoms with E-state index in [1.165, 1.54) is 6.92 Å². The summed E-state index contributed by atoms with van der Waals surface area (Å²) in [5.74, 6) is 0.998. The van der Waals surface area contributed by atoms with Gasteiger partial charge in [0.2, 0.25) is 0 Å². The summed E-state index contributed by atoms with van der Waals surface area (Å²) < 4.78 is 15.9. The van der Waals surface area contributed by atoms with Gasteiger partial charge in [-0.3, -0.25) is 4.79 Å². The van der Waals surface area contributed by atoms with Crippen LogP contribution in [0.25, 0.3) is 0 Å². The van der Waals surface area contributed by atoms with Crippen LogP contribution in [0.5, 0.6) is 11.5 Å². The van der Waals surface area contributed by atoms with Crippen LogP contribution < -0.4 is 9.47 Å². The van der Waals surface area contributed by atoms with E-state index in [2.05, 4.69) is 5.16 Å². The van der Waals surface area contributed by atoms with Crippen molar-refractivity contribution in [2.75, 3.05) is 20.8 Å². The minimum Gasteiger partial charge on any atom is -0.496 e. The molecule has 2 rings (SSSR count). The Morgan fingerprint density at radius 3 is 2.33 bits per heavy atom. The molecular formula is C18H25NO5. The second-order valence-electron chi connectivity index (χ2n) is 5.93. The molecule has 0 unspecified atom stereocenters. The number of esters is 1. The van der Waals surface area contributed by atoms with Crippen LogP contribution in [0.2, 0.25) is 0 Å². The zero-order chi connectivity index (χ0) is 17.4. The van der Waals surface area contributed by atoms with Crippen molar-refractivity contribution in [1.82, 2.24) is 0 Å². The first-order chi connectivity index (χ1) is 11.6. The van der Waals surface area contributed by atoms with Crippen molar-refractivity contribution in [3.63, 3.8) is 0 Å². The number of nitrogens with zero attached hydrogens (tertiary/aromatic N) is 1. The van der Waals surface area contributed by atoms with Crippen LogP contribution in [0.4, 0.5) is 0 Å². The van der Waals surface area contributed by atoms with E-state index in [1.54, 1.807) is 20.4 Å². The summed E-state index contributed by atoms with van der Waals surface area (Å²) in [5, 5.41) is 4.16. The zero-order valence-electron chi connectivity index (χ0n) is 14.5. The van der Waals surface area contributed by atoms with Crippen molar-refractivity contribution in [3.8, 4) is 11.5 Å². The van der Waals surface area contributed by atoms with Gasteiger partial charge in [0.1, 0.15) is 18.1 Å². The standard InChI is InChI=1S/C18H25NO5/c1-14(20)23-13-18(10-5-4-6-11-18)24-19-12-15-16(21-2)8-7-9-17(15)22-3/h7-9,12H,4-6,10-11,13H2,1-3H3/b19-12+. The van der Waals surface area contributed by atoms with Crippen molar-refractivity contribution in [1.29, 1.82) is 0 Å². The molecule has 0 aromatic heterocycles. The maximum Gasteiger partial charge on any atom is 0.302 e. The summed E-state index contributed by atoms with van der Waals surface area (Å²) in [4.78, 5) is 16.9. The molecule has 0 radical (unpaired) electrons. The first kappa shape index (κ1) is 18.1. The maximum absolute atomic E-state index is 11.1. The van der Waals surface area contributed by atoms with Crippen LogP contribution in [0.15, 0.2) is 23.4 Å². The van der Waals surface area contributed by atoms with Gasteiger partial charge in [0.25, 0.3) is 0 Å². The fraction of sp³-hybridized carbons (Fsp3) is 0.556. The second kappa shape index (κ2) is 8.57. The first-order valence-corrected chi connectivity index (χ1v) is 8.16. The Labute approximate surface area is 142 Å². The highest BCUT2D eigenvalue weighted by Gasteiger charge is 2.36. The van der Waals surface area contributed by atoms with E-state index in [9.17, 15) is 4.79 Å². The van der Waals surface area contributed by atoms with Crippen LogP contribution in [-0.2, 0) is 14.4 Å². The van der Waals surface area contributed by atoms with E-state index >= 15 is 0 Å². The monoisotopic (exact) mass is 335 g/mol. The van der Waals surface area contributed by atoms with E-state index in [4.69, 9.17) is 19.0 Å². The highest BCUT2D eigenvalue weighted by molar-refractivity contribution is 5.87. The summed E-state index contributed by atoms with van der Waals surface area (Å²) >= 11 is 0. The molecule has 1 aromatic carbocycles. The fourth-order valence-electron chi connectivity index (χ4n) is 2.89.